The van der Waals surface area contributed by atoms with Gasteiger partial charge in [0.15, 0.2) is 5.65 Å². The van der Waals surface area contributed by atoms with Gasteiger partial charge in [-0.05, 0) is 19.8 Å². The first-order chi connectivity index (χ1) is 12.2. The summed E-state index contributed by atoms with van der Waals surface area (Å²) >= 11 is 1.21. The fourth-order valence-electron chi connectivity index (χ4n) is 3.01. The Morgan fingerprint density at radius 2 is 1.96 bits per heavy atom. The lowest BCUT2D eigenvalue weighted by atomic mass is 10.2. The number of carbonyl (C=O) groups is 1. The number of carbonyl (C=O) groups excluding carboxylic acids is 1. The Balaban J connectivity index is 2.24. The van der Waals surface area contributed by atoms with Crippen molar-refractivity contribution in [1.82, 2.24) is 19.1 Å². The molecule has 1 saturated heterocycles. The number of fused-ring (bicyclic) bond motifs is 1. The SMILES string of the molecule is Cc1nc(S[C@@H]2C[C@H](C)OC2=O)c2c(=O)n(C)c(=O)n(CC(C)C)c2n1. The van der Waals surface area contributed by atoms with Gasteiger partial charge in [0.2, 0.25) is 0 Å². The molecule has 0 N–H and O–H groups in total. The second-order valence-corrected chi connectivity index (χ2v) is 8.21. The highest BCUT2D eigenvalue weighted by atomic mass is 32.2. The third-order valence-electron chi connectivity index (χ3n) is 4.19. The predicted octanol–water partition coefficient (Wildman–Crippen LogP) is 1.25. The molecule has 3 rings (SSSR count). The zero-order valence-electron chi connectivity index (χ0n) is 15.5. The van der Waals surface area contributed by atoms with Crippen molar-refractivity contribution in [3.8, 4) is 0 Å². The Morgan fingerprint density at radius 3 is 2.54 bits per heavy atom. The van der Waals surface area contributed by atoms with Crippen molar-refractivity contribution in [2.24, 2.45) is 13.0 Å². The van der Waals surface area contributed by atoms with E-state index in [9.17, 15) is 14.4 Å². The zero-order valence-corrected chi connectivity index (χ0v) is 16.3. The minimum absolute atomic E-state index is 0.156. The van der Waals surface area contributed by atoms with Gasteiger partial charge in [-0.15, -0.1) is 0 Å². The van der Waals surface area contributed by atoms with Crippen LogP contribution in [0.3, 0.4) is 0 Å². The molecular formula is C17H22N4O4S. The monoisotopic (exact) mass is 378 g/mol. The molecule has 9 heteroatoms. The first-order valence-electron chi connectivity index (χ1n) is 8.54. The minimum atomic E-state index is -0.452. The van der Waals surface area contributed by atoms with E-state index in [1.807, 2.05) is 20.8 Å². The molecule has 26 heavy (non-hydrogen) atoms. The molecule has 0 saturated carbocycles. The number of esters is 1. The number of aryl methyl sites for hydroxylation is 1. The summed E-state index contributed by atoms with van der Waals surface area (Å²) in [6.45, 7) is 7.96. The lowest BCUT2D eigenvalue weighted by molar-refractivity contribution is -0.140. The van der Waals surface area contributed by atoms with Gasteiger partial charge in [0.1, 0.15) is 27.6 Å². The van der Waals surface area contributed by atoms with E-state index in [0.717, 1.165) is 4.57 Å². The first kappa shape index (κ1) is 18.6. The summed E-state index contributed by atoms with van der Waals surface area (Å²) in [5, 5.41) is 0.273. The minimum Gasteiger partial charge on any atom is -0.462 e. The van der Waals surface area contributed by atoms with Crippen LogP contribution in [0.1, 0.15) is 33.0 Å². The van der Waals surface area contributed by atoms with Crippen LogP contribution in [-0.2, 0) is 23.1 Å². The van der Waals surface area contributed by atoms with Gasteiger partial charge in [-0.25, -0.2) is 14.8 Å². The quantitative estimate of drug-likeness (QED) is 0.583. The Morgan fingerprint density at radius 1 is 1.27 bits per heavy atom. The first-order valence-corrected chi connectivity index (χ1v) is 9.42. The van der Waals surface area contributed by atoms with Crippen LogP contribution in [0.4, 0.5) is 0 Å². The summed E-state index contributed by atoms with van der Waals surface area (Å²) in [6, 6.07) is 0. The second kappa shape index (κ2) is 6.86. The number of ether oxygens (including phenoxy) is 1. The van der Waals surface area contributed by atoms with E-state index in [1.165, 1.54) is 23.4 Å². The van der Waals surface area contributed by atoms with Crippen LogP contribution < -0.4 is 11.2 Å². The average molecular weight is 378 g/mol. The van der Waals surface area contributed by atoms with Crippen LogP contribution in [0, 0.1) is 12.8 Å². The summed E-state index contributed by atoms with van der Waals surface area (Å²) in [5.74, 6) is 0.342. The highest BCUT2D eigenvalue weighted by molar-refractivity contribution is 8.00. The molecule has 0 aliphatic carbocycles. The molecule has 2 aromatic rings. The van der Waals surface area contributed by atoms with Crippen molar-refractivity contribution in [1.29, 1.82) is 0 Å². The Kier molecular flexibility index (Phi) is 4.92. The number of hydrogen-bond acceptors (Lipinski definition) is 7. The van der Waals surface area contributed by atoms with Crippen LogP contribution in [0.25, 0.3) is 11.0 Å². The molecule has 2 atom stereocenters. The van der Waals surface area contributed by atoms with E-state index in [1.54, 1.807) is 6.92 Å². The Labute approximate surface area is 154 Å². The van der Waals surface area contributed by atoms with Gasteiger partial charge in [-0.3, -0.25) is 18.7 Å². The molecule has 1 fully saturated rings. The van der Waals surface area contributed by atoms with Crippen LogP contribution in [0.2, 0.25) is 0 Å². The molecule has 0 spiro atoms. The van der Waals surface area contributed by atoms with Gasteiger partial charge >= 0.3 is 11.7 Å². The lowest BCUT2D eigenvalue weighted by Gasteiger charge is -2.15. The van der Waals surface area contributed by atoms with Gasteiger partial charge < -0.3 is 4.74 Å². The number of hydrogen-bond donors (Lipinski definition) is 0. The molecule has 8 nitrogen and oxygen atoms in total. The molecule has 3 heterocycles. The average Bonchev–Trinajstić information content (AvgIpc) is 2.86. The van der Waals surface area contributed by atoms with Crippen LogP contribution in [0.15, 0.2) is 14.6 Å². The molecular weight excluding hydrogens is 356 g/mol. The van der Waals surface area contributed by atoms with Crippen molar-refractivity contribution in [2.45, 2.75) is 57.0 Å². The van der Waals surface area contributed by atoms with Crippen molar-refractivity contribution < 1.29 is 9.53 Å². The molecule has 0 radical (unpaired) electrons. The van der Waals surface area contributed by atoms with Gasteiger partial charge in [-0.1, -0.05) is 25.6 Å². The van der Waals surface area contributed by atoms with E-state index >= 15 is 0 Å². The number of rotatable bonds is 4. The van der Waals surface area contributed by atoms with E-state index in [4.69, 9.17) is 4.74 Å². The van der Waals surface area contributed by atoms with Crippen LogP contribution in [0.5, 0.6) is 0 Å². The number of cyclic esters (lactones) is 1. The normalized spacial score (nSPS) is 20.2. The fraction of sp³-hybridized carbons (Fsp3) is 0.588. The predicted molar refractivity (Wildman–Crippen MR) is 98.4 cm³/mol. The van der Waals surface area contributed by atoms with Gasteiger partial charge in [0, 0.05) is 20.0 Å². The maximum absolute atomic E-state index is 12.8. The molecule has 0 unspecified atom stereocenters. The van der Waals surface area contributed by atoms with Crippen molar-refractivity contribution >= 4 is 28.8 Å². The number of nitrogens with zero attached hydrogens (tertiary/aromatic N) is 4. The van der Waals surface area contributed by atoms with Gasteiger partial charge in [0.25, 0.3) is 5.56 Å². The molecule has 2 aromatic heterocycles. The number of aromatic nitrogens is 4. The lowest BCUT2D eigenvalue weighted by Crippen LogP contribution is -2.39. The summed E-state index contributed by atoms with van der Waals surface area (Å²) < 4.78 is 7.78. The summed E-state index contributed by atoms with van der Waals surface area (Å²) in [7, 11) is 1.45. The van der Waals surface area contributed by atoms with Crippen molar-refractivity contribution in [3.63, 3.8) is 0 Å². The second-order valence-electron chi connectivity index (χ2n) is 7.02. The summed E-state index contributed by atoms with van der Waals surface area (Å²) in [6.07, 6.45) is 0.399. The summed E-state index contributed by atoms with van der Waals surface area (Å²) in [4.78, 5) is 46.1. The van der Waals surface area contributed by atoms with Crippen molar-refractivity contribution in [3.05, 3.63) is 26.7 Å². The highest BCUT2D eigenvalue weighted by Gasteiger charge is 2.34. The van der Waals surface area contributed by atoms with Gasteiger partial charge in [0.05, 0.1) is 0 Å². The molecule has 1 aliphatic heterocycles. The van der Waals surface area contributed by atoms with Gasteiger partial charge in [-0.2, -0.15) is 0 Å². The Hall–Kier alpha value is -2.16. The molecule has 140 valence electrons. The zero-order chi connectivity index (χ0) is 19.2. The maximum atomic E-state index is 12.8. The van der Waals surface area contributed by atoms with Crippen LogP contribution in [-0.4, -0.2) is 36.4 Å². The van der Waals surface area contributed by atoms with E-state index in [0.29, 0.717) is 29.5 Å². The molecule has 0 amide bonds. The largest absolute Gasteiger partial charge is 0.462 e. The van der Waals surface area contributed by atoms with Crippen LogP contribution >= 0.6 is 11.8 Å². The third-order valence-corrected chi connectivity index (χ3v) is 5.38. The van der Waals surface area contributed by atoms with E-state index in [2.05, 4.69) is 9.97 Å². The molecule has 0 aromatic carbocycles. The standard InChI is InChI=1S/C17H22N4O4S/c1-8(2)7-21-13-12(15(22)20(5)17(21)24)14(19-10(4)18-13)26-11-6-9(3)25-16(11)23/h8-9,11H,6-7H2,1-5H3/t9-,11+/m0/s1. The Bertz CT molecular complexity index is 995. The topological polar surface area (TPSA) is 96.1 Å². The smallest absolute Gasteiger partial charge is 0.332 e. The number of thioether (sulfide) groups is 1. The van der Waals surface area contributed by atoms with Crippen molar-refractivity contribution in [2.75, 3.05) is 0 Å². The summed E-state index contributed by atoms with van der Waals surface area (Å²) in [5.41, 5.74) is -0.535. The van der Waals surface area contributed by atoms with E-state index in [-0.39, 0.29) is 23.4 Å². The van der Waals surface area contributed by atoms with E-state index < -0.39 is 16.5 Å². The third kappa shape index (κ3) is 3.27. The maximum Gasteiger partial charge on any atom is 0.332 e. The fourth-order valence-corrected chi connectivity index (χ4v) is 4.28. The molecule has 0 bridgehead atoms. The molecule has 1 aliphatic rings. The highest BCUT2D eigenvalue weighted by Crippen LogP contribution is 2.33.